The Labute approximate surface area is 110 Å². The second-order valence-corrected chi connectivity index (χ2v) is 4.24. The molecule has 1 N–H and O–H groups in total. The average molecular weight is 256 g/mol. The Kier molecular flexibility index (Phi) is 2.83. The number of hydrogen-bond acceptors (Lipinski definition) is 3. The van der Waals surface area contributed by atoms with Gasteiger partial charge in [-0.3, -0.25) is 0 Å². The van der Waals surface area contributed by atoms with Crippen LogP contribution in [0.5, 0.6) is 11.5 Å². The third kappa shape index (κ3) is 2.25. The Hall–Kier alpha value is -2.49. The molecule has 0 saturated heterocycles. The van der Waals surface area contributed by atoms with E-state index in [2.05, 4.69) is 0 Å². The quantitative estimate of drug-likeness (QED) is 0.897. The van der Waals surface area contributed by atoms with Crippen LogP contribution in [0, 0.1) is 0 Å². The molecule has 2 aromatic rings. The molecule has 4 heteroatoms. The van der Waals surface area contributed by atoms with E-state index in [9.17, 15) is 4.79 Å². The van der Waals surface area contributed by atoms with Gasteiger partial charge in [-0.15, -0.1) is 0 Å². The van der Waals surface area contributed by atoms with Crippen molar-refractivity contribution in [3.8, 4) is 22.6 Å². The summed E-state index contributed by atoms with van der Waals surface area (Å²) in [7, 11) is 0. The minimum Gasteiger partial charge on any atom is -0.486 e. The summed E-state index contributed by atoms with van der Waals surface area (Å²) in [6.07, 6.45) is 0. The third-order valence-corrected chi connectivity index (χ3v) is 3.01. The predicted molar refractivity (Wildman–Crippen MR) is 69.8 cm³/mol. The van der Waals surface area contributed by atoms with Crippen molar-refractivity contribution in [3.05, 3.63) is 48.0 Å². The Morgan fingerprint density at radius 3 is 2.21 bits per heavy atom. The molecule has 0 bridgehead atoms. The SMILES string of the molecule is O=C(O)c1ccc(-c2ccc3c(c2)OCCO3)cc1. The molecule has 1 aliphatic rings. The largest absolute Gasteiger partial charge is 0.486 e. The van der Waals surface area contributed by atoms with Crippen LogP contribution in [0.3, 0.4) is 0 Å². The maximum absolute atomic E-state index is 10.8. The fraction of sp³-hybridized carbons (Fsp3) is 0.133. The van der Waals surface area contributed by atoms with Gasteiger partial charge in [-0.1, -0.05) is 18.2 Å². The Morgan fingerprint density at radius 1 is 0.895 bits per heavy atom. The second-order valence-electron chi connectivity index (χ2n) is 4.24. The molecule has 1 aliphatic heterocycles. The van der Waals surface area contributed by atoms with Gasteiger partial charge >= 0.3 is 5.97 Å². The fourth-order valence-corrected chi connectivity index (χ4v) is 2.03. The highest BCUT2D eigenvalue weighted by Gasteiger charge is 2.12. The lowest BCUT2D eigenvalue weighted by atomic mass is 10.0. The molecule has 0 saturated carbocycles. The molecule has 0 atom stereocenters. The summed E-state index contributed by atoms with van der Waals surface area (Å²) in [5.41, 5.74) is 2.20. The number of rotatable bonds is 2. The van der Waals surface area contributed by atoms with Crippen molar-refractivity contribution >= 4 is 5.97 Å². The predicted octanol–water partition coefficient (Wildman–Crippen LogP) is 2.82. The number of carbonyl (C=O) groups is 1. The number of fused-ring (bicyclic) bond motifs is 1. The van der Waals surface area contributed by atoms with Crippen molar-refractivity contribution in [3.63, 3.8) is 0 Å². The van der Waals surface area contributed by atoms with Crippen LogP contribution in [-0.2, 0) is 0 Å². The molecule has 0 fully saturated rings. The first-order chi connectivity index (χ1) is 9.24. The number of hydrogen-bond donors (Lipinski definition) is 1. The van der Waals surface area contributed by atoms with Gasteiger partial charge in [0.15, 0.2) is 11.5 Å². The summed E-state index contributed by atoms with van der Waals surface area (Å²) in [4.78, 5) is 10.8. The number of aromatic carboxylic acids is 1. The van der Waals surface area contributed by atoms with E-state index in [4.69, 9.17) is 14.6 Å². The molecule has 3 rings (SSSR count). The highest BCUT2D eigenvalue weighted by molar-refractivity contribution is 5.88. The van der Waals surface area contributed by atoms with Crippen molar-refractivity contribution in [2.24, 2.45) is 0 Å². The molecule has 19 heavy (non-hydrogen) atoms. The Morgan fingerprint density at radius 2 is 1.53 bits per heavy atom. The van der Waals surface area contributed by atoms with E-state index in [-0.39, 0.29) is 5.56 Å². The molecule has 2 aromatic carbocycles. The number of carboxylic acid groups (broad SMARTS) is 1. The normalized spacial score (nSPS) is 13.1. The molecule has 4 nitrogen and oxygen atoms in total. The van der Waals surface area contributed by atoms with Crippen molar-refractivity contribution in [1.82, 2.24) is 0 Å². The zero-order valence-corrected chi connectivity index (χ0v) is 10.1. The van der Waals surface area contributed by atoms with Crippen molar-refractivity contribution in [1.29, 1.82) is 0 Å². The van der Waals surface area contributed by atoms with Gasteiger partial charge in [0.25, 0.3) is 0 Å². The van der Waals surface area contributed by atoms with Crippen LogP contribution in [0.1, 0.15) is 10.4 Å². The van der Waals surface area contributed by atoms with Gasteiger partial charge in [-0.25, -0.2) is 4.79 Å². The van der Waals surface area contributed by atoms with Crippen molar-refractivity contribution < 1.29 is 19.4 Å². The summed E-state index contributed by atoms with van der Waals surface area (Å²) in [5.74, 6) is 0.553. The third-order valence-electron chi connectivity index (χ3n) is 3.01. The molecule has 0 radical (unpaired) electrons. The van der Waals surface area contributed by atoms with Crippen LogP contribution in [-0.4, -0.2) is 24.3 Å². The van der Waals surface area contributed by atoms with E-state index >= 15 is 0 Å². The van der Waals surface area contributed by atoms with Gasteiger partial charge < -0.3 is 14.6 Å². The van der Waals surface area contributed by atoms with E-state index in [1.807, 2.05) is 18.2 Å². The molecule has 1 heterocycles. The molecule has 0 aliphatic carbocycles. The van der Waals surface area contributed by atoms with E-state index in [0.717, 1.165) is 22.6 Å². The first-order valence-electron chi connectivity index (χ1n) is 5.97. The zero-order valence-electron chi connectivity index (χ0n) is 10.1. The van der Waals surface area contributed by atoms with E-state index in [0.29, 0.717) is 13.2 Å². The number of benzene rings is 2. The lowest BCUT2D eigenvalue weighted by Crippen LogP contribution is -2.15. The van der Waals surface area contributed by atoms with Gasteiger partial charge in [-0.2, -0.15) is 0 Å². The summed E-state index contributed by atoms with van der Waals surface area (Å²) < 4.78 is 11.0. The second kappa shape index (κ2) is 4.65. The summed E-state index contributed by atoms with van der Waals surface area (Å²) in [6, 6.07) is 12.5. The maximum atomic E-state index is 10.8. The first-order valence-corrected chi connectivity index (χ1v) is 5.97. The number of carboxylic acids is 1. The lowest BCUT2D eigenvalue weighted by molar-refractivity contribution is 0.0697. The van der Waals surface area contributed by atoms with Gasteiger partial charge in [0.05, 0.1) is 5.56 Å². The average Bonchev–Trinajstić information content (AvgIpc) is 2.47. The molecule has 0 unspecified atom stereocenters. The van der Waals surface area contributed by atoms with E-state index in [1.54, 1.807) is 24.3 Å². The Balaban J connectivity index is 1.95. The Bertz CT molecular complexity index is 617. The number of ether oxygens (including phenoxy) is 2. The molecular formula is C15H12O4. The monoisotopic (exact) mass is 256 g/mol. The van der Waals surface area contributed by atoms with Crippen LogP contribution >= 0.6 is 0 Å². The van der Waals surface area contributed by atoms with Crippen LogP contribution < -0.4 is 9.47 Å². The van der Waals surface area contributed by atoms with Crippen molar-refractivity contribution in [2.75, 3.05) is 13.2 Å². The summed E-state index contributed by atoms with van der Waals surface area (Å²) in [5, 5.41) is 8.87. The zero-order chi connectivity index (χ0) is 13.2. The smallest absolute Gasteiger partial charge is 0.335 e. The van der Waals surface area contributed by atoms with Crippen molar-refractivity contribution in [2.45, 2.75) is 0 Å². The van der Waals surface area contributed by atoms with Crippen LogP contribution in [0.15, 0.2) is 42.5 Å². The first kappa shape index (κ1) is 11.6. The molecule has 96 valence electrons. The van der Waals surface area contributed by atoms with E-state index < -0.39 is 5.97 Å². The van der Waals surface area contributed by atoms with Crippen LogP contribution in [0.4, 0.5) is 0 Å². The summed E-state index contributed by atoms with van der Waals surface area (Å²) in [6.45, 7) is 1.12. The highest BCUT2D eigenvalue weighted by atomic mass is 16.6. The standard InChI is InChI=1S/C15H12O4/c16-15(17)11-3-1-10(2-4-11)12-5-6-13-14(9-12)19-8-7-18-13/h1-6,9H,7-8H2,(H,16,17). The van der Waals surface area contributed by atoms with Gasteiger partial charge in [0.2, 0.25) is 0 Å². The van der Waals surface area contributed by atoms with Gasteiger partial charge in [0, 0.05) is 0 Å². The maximum Gasteiger partial charge on any atom is 0.335 e. The van der Waals surface area contributed by atoms with Crippen LogP contribution in [0.25, 0.3) is 11.1 Å². The molecular weight excluding hydrogens is 244 g/mol. The highest BCUT2D eigenvalue weighted by Crippen LogP contribution is 2.34. The minimum absolute atomic E-state index is 0.279. The van der Waals surface area contributed by atoms with E-state index in [1.165, 1.54) is 0 Å². The fourth-order valence-electron chi connectivity index (χ4n) is 2.03. The summed E-state index contributed by atoms with van der Waals surface area (Å²) >= 11 is 0. The topological polar surface area (TPSA) is 55.8 Å². The molecule has 0 aromatic heterocycles. The van der Waals surface area contributed by atoms with Crippen LogP contribution in [0.2, 0.25) is 0 Å². The van der Waals surface area contributed by atoms with Gasteiger partial charge in [-0.05, 0) is 35.4 Å². The minimum atomic E-state index is -0.922. The lowest BCUT2D eigenvalue weighted by Gasteiger charge is -2.18. The molecule has 0 spiro atoms. The molecule has 0 amide bonds. The van der Waals surface area contributed by atoms with Gasteiger partial charge in [0.1, 0.15) is 13.2 Å².